The van der Waals surface area contributed by atoms with E-state index in [2.05, 4.69) is 26.1 Å². The summed E-state index contributed by atoms with van der Waals surface area (Å²) in [4.78, 5) is 28.0. The third-order valence-electron chi connectivity index (χ3n) is 6.12. The fourth-order valence-corrected chi connectivity index (χ4v) is 7.04. The fraction of sp³-hybridized carbons (Fsp3) is 0.111. The molecule has 5 rings (SSSR count). The second-order valence-electron chi connectivity index (χ2n) is 8.60. The molecule has 210 valence electrons. The highest BCUT2D eigenvalue weighted by Gasteiger charge is 2.48. The number of phenolic OH excluding ortho intramolecular Hbond substituents is 1. The van der Waals surface area contributed by atoms with Crippen molar-refractivity contribution < 1.29 is 28.9 Å². The number of methoxy groups -OCH3 is 1. The number of Topliss-reactive ketones (excluding diaryl/α,β-unsaturated/α-hetero) is 1. The average Bonchev–Trinajstić information content (AvgIpc) is 3.51. The molecular weight excluding hydrogens is 680 g/mol. The highest BCUT2D eigenvalue weighted by molar-refractivity contribution is 9.10. The van der Waals surface area contributed by atoms with E-state index < -0.39 is 29.3 Å². The Hall–Kier alpha value is -3.16. The molecule has 8 nitrogen and oxygen atoms in total. The topological polar surface area (TPSA) is 113 Å². The minimum atomic E-state index is -1.18. The van der Waals surface area contributed by atoms with Gasteiger partial charge in [0.05, 0.1) is 23.2 Å². The SMILES string of the molecule is COc1cc(C2/C(=C(/O)c3ccc(F)cc3)C(=O)C(=O)N2c2nnc(SCc3ccc(Cl)cc3Cl)s2)cc(Br)c1O. The van der Waals surface area contributed by atoms with Crippen LogP contribution < -0.4 is 9.64 Å². The normalized spacial score (nSPS) is 16.4. The highest BCUT2D eigenvalue weighted by Crippen LogP contribution is 2.47. The number of rotatable bonds is 7. The van der Waals surface area contributed by atoms with E-state index in [9.17, 15) is 24.2 Å². The number of ether oxygens (including phenoxy) is 1. The van der Waals surface area contributed by atoms with Gasteiger partial charge in [0.25, 0.3) is 5.78 Å². The molecule has 1 saturated heterocycles. The minimum Gasteiger partial charge on any atom is -0.507 e. The number of aromatic nitrogens is 2. The van der Waals surface area contributed by atoms with Crippen molar-refractivity contribution in [2.24, 2.45) is 0 Å². The Morgan fingerprint density at radius 1 is 1.15 bits per heavy atom. The Balaban J connectivity index is 1.58. The summed E-state index contributed by atoms with van der Waals surface area (Å²) >= 11 is 17.9. The van der Waals surface area contributed by atoms with Crippen molar-refractivity contribution in [2.45, 2.75) is 16.1 Å². The molecule has 0 bridgehead atoms. The number of benzene rings is 3. The molecule has 1 fully saturated rings. The van der Waals surface area contributed by atoms with E-state index >= 15 is 0 Å². The van der Waals surface area contributed by atoms with E-state index in [0.29, 0.717) is 25.7 Å². The Morgan fingerprint density at radius 3 is 2.56 bits per heavy atom. The van der Waals surface area contributed by atoms with Crippen LogP contribution in [-0.2, 0) is 15.3 Å². The van der Waals surface area contributed by atoms with Gasteiger partial charge in [-0.1, -0.05) is 52.4 Å². The highest BCUT2D eigenvalue weighted by atomic mass is 79.9. The van der Waals surface area contributed by atoms with Gasteiger partial charge in [-0.15, -0.1) is 10.2 Å². The first-order chi connectivity index (χ1) is 19.6. The second-order valence-corrected chi connectivity index (χ2v) is 12.5. The Labute approximate surface area is 259 Å². The lowest BCUT2D eigenvalue weighted by atomic mass is 9.95. The number of aliphatic hydroxyl groups excluding tert-OH is 1. The van der Waals surface area contributed by atoms with Gasteiger partial charge in [-0.05, 0) is 75.6 Å². The van der Waals surface area contributed by atoms with E-state index in [0.717, 1.165) is 33.9 Å². The molecule has 0 spiro atoms. The van der Waals surface area contributed by atoms with Crippen LogP contribution >= 0.6 is 62.2 Å². The Morgan fingerprint density at radius 2 is 1.88 bits per heavy atom. The van der Waals surface area contributed by atoms with Gasteiger partial charge in [-0.25, -0.2) is 4.39 Å². The van der Waals surface area contributed by atoms with Crippen LogP contribution in [0.1, 0.15) is 22.7 Å². The van der Waals surface area contributed by atoms with Crippen molar-refractivity contribution in [1.29, 1.82) is 0 Å². The van der Waals surface area contributed by atoms with Gasteiger partial charge in [0.1, 0.15) is 11.6 Å². The number of aromatic hydroxyl groups is 1. The lowest BCUT2D eigenvalue weighted by molar-refractivity contribution is -0.132. The molecule has 1 unspecified atom stereocenters. The van der Waals surface area contributed by atoms with Crippen LogP contribution in [0, 0.1) is 5.82 Å². The number of hydrogen-bond donors (Lipinski definition) is 2. The molecule has 1 atom stereocenters. The summed E-state index contributed by atoms with van der Waals surface area (Å²) in [5, 5.41) is 31.0. The maximum Gasteiger partial charge on any atom is 0.301 e. The molecular formula is C27H17BrCl2FN3O5S2. The molecule has 0 saturated carbocycles. The van der Waals surface area contributed by atoms with Gasteiger partial charge in [-0.2, -0.15) is 0 Å². The van der Waals surface area contributed by atoms with Crippen LogP contribution in [0.3, 0.4) is 0 Å². The smallest absolute Gasteiger partial charge is 0.301 e. The molecule has 1 aliphatic heterocycles. The van der Waals surface area contributed by atoms with Gasteiger partial charge in [-0.3, -0.25) is 14.5 Å². The van der Waals surface area contributed by atoms with Crippen LogP contribution in [0.2, 0.25) is 10.0 Å². The summed E-state index contributed by atoms with van der Waals surface area (Å²) < 4.78 is 19.6. The molecule has 41 heavy (non-hydrogen) atoms. The van der Waals surface area contributed by atoms with Crippen LogP contribution in [0.4, 0.5) is 9.52 Å². The molecule has 3 aromatic carbocycles. The van der Waals surface area contributed by atoms with E-state index in [1.165, 1.54) is 43.1 Å². The summed E-state index contributed by atoms with van der Waals surface area (Å²) in [6.45, 7) is 0. The number of ketones is 1. The summed E-state index contributed by atoms with van der Waals surface area (Å²) in [6.07, 6.45) is 0. The van der Waals surface area contributed by atoms with Crippen molar-refractivity contribution >= 4 is 84.8 Å². The second kappa shape index (κ2) is 12.0. The van der Waals surface area contributed by atoms with Crippen molar-refractivity contribution in [1.82, 2.24) is 10.2 Å². The number of carbonyl (C=O) groups is 2. The Kier molecular flexibility index (Phi) is 8.57. The predicted molar refractivity (Wildman–Crippen MR) is 159 cm³/mol. The number of thioether (sulfide) groups is 1. The molecule has 2 N–H and O–H groups in total. The molecule has 0 aliphatic carbocycles. The van der Waals surface area contributed by atoms with Crippen LogP contribution in [-0.4, -0.2) is 39.2 Å². The number of aliphatic hydroxyl groups is 1. The first-order valence-corrected chi connectivity index (χ1v) is 15.0. The number of carbonyl (C=O) groups excluding carboxylic acids is 2. The van der Waals surface area contributed by atoms with E-state index in [4.69, 9.17) is 27.9 Å². The molecule has 1 amide bonds. The van der Waals surface area contributed by atoms with Crippen LogP contribution in [0.15, 0.2) is 69.0 Å². The first kappa shape index (κ1) is 29.3. The molecule has 1 aliphatic rings. The summed E-state index contributed by atoms with van der Waals surface area (Å²) in [7, 11) is 1.35. The zero-order valence-electron chi connectivity index (χ0n) is 20.8. The third-order valence-corrected chi connectivity index (χ3v) is 9.41. The van der Waals surface area contributed by atoms with Crippen molar-refractivity contribution in [3.05, 3.63) is 97.2 Å². The minimum absolute atomic E-state index is 0.0649. The van der Waals surface area contributed by atoms with E-state index in [-0.39, 0.29) is 32.2 Å². The maximum absolute atomic E-state index is 13.6. The molecule has 4 aromatic rings. The standard InChI is InChI=1S/C27H17BrCl2FN3O5S2/c1-39-19-9-14(8-17(28)23(19)36)21-20(22(35)12-3-6-16(31)7-4-12)24(37)25(38)34(21)26-32-33-27(41-26)40-11-13-2-5-15(29)10-18(13)30/h2-10,21,35-36H,11H2,1H3/b22-20-. The zero-order chi connectivity index (χ0) is 29.4. The van der Waals surface area contributed by atoms with Crippen LogP contribution in [0.25, 0.3) is 5.76 Å². The van der Waals surface area contributed by atoms with E-state index in [1.807, 2.05) is 0 Å². The van der Waals surface area contributed by atoms with Gasteiger partial charge in [0.2, 0.25) is 5.13 Å². The largest absolute Gasteiger partial charge is 0.507 e. The van der Waals surface area contributed by atoms with Crippen molar-refractivity contribution in [2.75, 3.05) is 12.0 Å². The molecule has 0 radical (unpaired) electrons. The quantitative estimate of drug-likeness (QED) is 0.0677. The average molecular weight is 697 g/mol. The lowest BCUT2D eigenvalue weighted by Crippen LogP contribution is -2.29. The monoisotopic (exact) mass is 695 g/mol. The van der Waals surface area contributed by atoms with Crippen molar-refractivity contribution in [3.8, 4) is 11.5 Å². The third kappa shape index (κ3) is 5.80. The van der Waals surface area contributed by atoms with Gasteiger partial charge >= 0.3 is 5.91 Å². The fourth-order valence-electron chi connectivity index (χ4n) is 4.15. The van der Waals surface area contributed by atoms with E-state index in [1.54, 1.807) is 18.2 Å². The van der Waals surface area contributed by atoms with Gasteiger partial charge in [0.15, 0.2) is 15.8 Å². The number of hydrogen-bond acceptors (Lipinski definition) is 9. The summed E-state index contributed by atoms with van der Waals surface area (Å²) in [5.74, 6) is -2.65. The molecule has 14 heteroatoms. The predicted octanol–water partition coefficient (Wildman–Crippen LogP) is 7.38. The molecule has 2 heterocycles. The number of nitrogens with zero attached hydrogens (tertiary/aromatic N) is 3. The zero-order valence-corrected chi connectivity index (χ0v) is 25.5. The number of halogens is 4. The number of amides is 1. The Bertz CT molecular complexity index is 1720. The number of anilines is 1. The summed E-state index contributed by atoms with van der Waals surface area (Å²) in [5.41, 5.74) is 1.02. The maximum atomic E-state index is 13.6. The van der Waals surface area contributed by atoms with Crippen LogP contribution in [0.5, 0.6) is 11.5 Å². The van der Waals surface area contributed by atoms with Gasteiger partial charge in [0, 0.05) is 21.4 Å². The van der Waals surface area contributed by atoms with Crippen molar-refractivity contribution in [3.63, 3.8) is 0 Å². The van der Waals surface area contributed by atoms with Gasteiger partial charge < -0.3 is 14.9 Å². The summed E-state index contributed by atoms with van der Waals surface area (Å²) in [6, 6.07) is 11.8. The first-order valence-electron chi connectivity index (χ1n) is 11.6. The number of phenols is 1. The lowest BCUT2D eigenvalue weighted by Gasteiger charge is -2.23. The molecule has 1 aromatic heterocycles.